The molecule has 0 radical (unpaired) electrons. The standard InChI is InChI=1S/C31H32N6O3/c1-20-17-23(7-6-14-32)18-21(2)27(20)39-28-25-12-15-37(30(38)40-31(3,4)5)16-13-26(25)35-29(36-28)34-24-10-8-22(19-33)9-11-24/h6-11,17-18H,12-13,15-16H2,1-5H3,(H,34,35,36)/b7-6+. The Bertz CT molecular complexity index is 1500. The number of hydrogen-bond donors (Lipinski definition) is 1. The molecule has 0 saturated heterocycles. The van der Waals surface area contributed by atoms with Crippen LogP contribution < -0.4 is 10.1 Å². The minimum atomic E-state index is -0.591. The molecule has 0 fully saturated rings. The minimum absolute atomic E-state index is 0.355. The zero-order valence-electron chi connectivity index (χ0n) is 23.4. The second-order valence-electron chi connectivity index (χ2n) is 10.6. The molecule has 2 heterocycles. The van der Waals surface area contributed by atoms with Crippen LogP contribution >= 0.6 is 0 Å². The van der Waals surface area contributed by atoms with Gasteiger partial charge in [0.1, 0.15) is 11.4 Å². The van der Waals surface area contributed by atoms with Crippen molar-refractivity contribution in [2.24, 2.45) is 0 Å². The molecule has 1 aliphatic heterocycles. The second kappa shape index (κ2) is 11.9. The number of nitriles is 2. The fourth-order valence-corrected chi connectivity index (χ4v) is 4.44. The van der Waals surface area contributed by atoms with E-state index < -0.39 is 5.60 Å². The number of amides is 1. The number of rotatable bonds is 5. The van der Waals surface area contributed by atoms with Crippen molar-refractivity contribution in [3.05, 3.63) is 76.0 Å². The maximum absolute atomic E-state index is 12.8. The molecule has 0 bridgehead atoms. The van der Waals surface area contributed by atoms with Crippen molar-refractivity contribution in [1.82, 2.24) is 14.9 Å². The quantitative estimate of drug-likeness (QED) is 0.373. The first-order valence-electron chi connectivity index (χ1n) is 13.1. The highest BCUT2D eigenvalue weighted by molar-refractivity contribution is 5.68. The van der Waals surface area contributed by atoms with Gasteiger partial charge in [-0.3, -0.25) is 0 Å². The summed E-state index contributed by atoms with van der Waals surface area (Å²) in [7, 11) is 0. The van der Waals surface area contributed by atoms with Crippen molar-refractivity contribution >= 4 is 23.8 Å². The van der Waals surface area contributed by atoms with E-state index in [1.54, 1.807) is 35.2 Å². The third-order valence-corrected chi connectivity index (χ3v) is 6.26. The molecule has 0 atom stereocenters. The van der Waals surface area contributed by atoms with E-state index in [4.69, 9.17) is 30.0 Å². The molecule has 40 heavy (non-hydrogen) atoms. The van der Waals surface area contributed by atoms with Gasteiger partial charge in [0, 0.05) is 36.8 Å². The lowest BCUT2D eigenvalue weighted by Gasteiger charge is -2.26. The van der Waals surface area contributed by atoms with Gasteiger partial charge in [0.15, 0.2) is 0 Å². The lowest BCUT2D eigenvalue weighted by molar-refractivity contribution is 0.0258. The number of carbonyl (C=O) groups is 1. The van der Waals surface area contributed by atoms with Crippen molar-refractivity contribution in [3.8, 4) is 23.8 Å². The molecule has 0 unspecified atom stereocenters. The molecule has 0 aliphatic carbocycles. The van der Waals surface area contributed by atoms with Crippen molar-refractivity contribution in [3.63, 3.8) is 0 Å². The maximum Gasteiger partial charge on any atom is 0.410 e. The van der Waals surface area contributed by atoms with Crippen LogP contribution in [0.5, 0.6) is 11.6 Å². The molecule has 1 amide bonds. The van der Waals surface area contributed by atoms with Gasteiger partial charge in [-0.15, -0.1) is 0 Å². The molecule has 0 spiro atoms. The summed E-state index contributed by atoms with van der Waals surface area (Å²) in [6.45, 7) is 10.3. The monoisotopic (exact) mass is 536 g/mol. The summed E-state index contributed by atoms with van der Waals surface area (Å²) >= 11 is 0. The van der Waals surface area contributed by atoms with E-state index in [1.807, 2.05) is 52.8 Å². The number of aryl methyl sites for hydroxylation is 2. The number of ether oxygens (including phenoxy) is 2. The fraction of sp³-hybridized carbons (Fsp3) is 0.323. The molecule has 1 aliphatic rings. The molecule has 1 aromatic heterocycles. The average Bonchev–Trinajstić information content (AvgIpc) is 3.12. The van der Waals surface area contributed by atoms with Gasteiger partial charge in [0.05, 0.1) is 23.4 Å². The third-order valence-electron chi connectivity index (χ3n) is 6.26. The highest BCUT2D eigenvalue weighted by atomic mass is 16.6. The first kappa shape index (κ1) is 28.1. The van der Waals surface area contributed by atoms with Gasteiger partial charge in [0.2, 0.25) is 11.8 Å². The van der Waals surface area contributed by atoms with Crippen LogP contribution in [0.15, 0.2) is 42.5 Å². The van der Waals surface area contributed by atoms with E-state index in [0.29, 0.717) is 49.1 Å². The molecule has 9 nitrogen and oxygen atoms in total. The van der Waals surface area contributed by atoms with Crippen molar-refractivity contribution in [2.45, 2.75) is 53.1 Å². The van der Waals surface area contributed by atoms with Crippen LogP contribution in [0.1, 0.15) is 54.3 Å². The van der Waals surface area contributed by atoms with E-state index >= 15 is 0 Å². The Labute approximate surface area is 234 Å². The Hall–Kier alpha value is -4.89. The van der Waals surface area contributed by atoms with Crippen LogP contribution in [0, 0.1) is 36.5 Å². The number of anilines is 2. The smallest absolute Gasteiger partial charge is 0.410 e. The van der Waals surface area contributed by atoms with E-state index in [-0.39, 0.29) is 6.09 Å². The lowest BCUT2D eigenvalue weighted by Crippen LogP contribution is -2.38. The predicted molar refractivity (Wildman–Crippen MR) is 152 cm³/mol. The Morgan fingerprint density at radius 3 is 2.35 bits per heavy atom. The van der Waals surface area contributed by atoms with Gasteiger partial charge in [0.25, 0.3) is 0 Å². The predicted octanol–water partition coefficient (Wildman–Crippen LogP) is 6.37. The maximum atomic E-state index is 12.8. The second-order valence-corrected chi connectivity index (χ2v) is 10.6. The zero-order chi connectivity index (χ0) is 28.9. The van der Waals surface area contributed by atoms with Gasteiger partial charge < -0.3 is 19.7 Å². The number of nitrogens with zero attached hydrogens (tertiary/aromatic N) is 5. The van der Waals surface area contributed by atoms with Crippen LogP contribution in [0.4, 0.5) is 16.4 Å². The van der Waals surface area contributed by atoms with Gasteiger partial charge in [-0.2, -0.15) is 15.5 Å². The van der Waals surface area contributed by atoms with Crippen LogP contribution in [0.3, 0.4) is 0 Å². The van der Waals surface area contributed by atoms with Gasteiger partial charge >= 0.3 is 6.09 Å². The van der Waals surface area contributed by atoms with Gasteiger partial charge in [-0.1, -0.05) is 0 Å². The number of nitrogens with one attached hydrogen (secondary N) is 1. The topological polar surface area (TPSA) is 124 Å². The molecular formula is C31H32N6O3. The Morgan fingerprint density at radius 1 is 1.05 bits per heavy atom. The van der Waals surface area contributed by atoms with E-state index in [1.165, 1.54) is 6.08 Å². The van der Waals surface area contributed by atoms with Crippen LogP contribution in [0.25, 0.3) is 6.08 Å². The molecule has 9 heteroatoms. The number of allylic oxidation sites excluding steroid dienone is 1. The molecule has 1 N–H and O–H groups in total. The van der Waals surface area contributed by atoms with E-state index in [0.717, 1.165) is 33.6 Å². The van der Waals surface area contributed by atoms with Crippen LogP contribution in [0.2, 0.25) is 0 Å². The van der Waals surface area contributed by atoms with Gasteiger partial charge in [-0.25, -0.2) is 9.78 Å². The summed E-state index contributed by atoms with van der Waals surface area (Å²) in [4.78, 5) is 24.0. The highest BCUT2D eigenvalue weighted by Gasteiger charge is 2.27. The molecule has 0 saturated carbocycles. The Morgan fingerprint density at radius 2 is 1.73 bits per heavy atom. The number of benzene rings is 2. The number of hydrogen-bond acceptors (Lipinski definition) is 8. The average molecular weight is 537 g/mol. The Balaban J connectivity index is 1.70. The summed E-state index contributed by atoms with van der Waals surface area (Å²) in [5.41, 5.74) is 5.02. The van der Waals surface area contributed by atoms with E-state index in [9.17, 15) is 4.79 Å². The van der Waals surface area contributed by atoms with Gasteiger partial charge in [-0.05, 0) is 100 Å². The fourth-order valence-electron chi connectivity index (χ4n) is 4.44. The highest BCUT2D eigenvalue weighted by Crippen LogP contribution is 2.34. The molecule has 3 aromatic rings. The minimum Gasteiger partial charge on any atom is -0.444 e. The summed E-state index contributed by atoms with van der Waals surface area (Å²) in [6, 6.07) is 15.1. The lowest BCUT2D eigenvalue weighted by atomic mass is 10.0. The first-order chi connectivity index (χ1) is 19.1. The number of carbonyl (C=O) groups excluding carboxylic acids is 1. The number of fused-ring (bicyclic) bond motifs is 1. The molecule has 204 valence electrons. The van der Waals surface area contributed by atoms with Crippen molar-refractivity contribution in [1.29, 1.82) is 10.5 Å². The Kier molecular flexibility index (Phi) is 8.35. The SMILES string of the molecule is Cc1cc(/C=C/C#N)cc(C)c1Oc1nc(Nc2ccc(C#N)cc2)nc2c1CCN(C(=O)OC(C)(C)C)CC2. The van der Waals surface area contributed by atoms with Crippen LogP contribution in [-0.4, -0.2) is 39.7 Å². The largest absolute Gasteiger partial charge is 0.444 e. The van der Waals surface area contributed by atoms with Crippen LogP contribution in [-0.2, 0) is 17.6 Å². The summed E-state index contributed by atoms with van der Waals surface area (Å²) in [5, 5.41) is 21.2. The third kappa shape index (κ3) is 6.95. The number of aromatic nitrogens is 2. The summed E-state index contributed by atoms with van der Waals surface area (Å²) in [5.74, 6) is 1.44. The summed E-state index contributed by atoms with van der Waals surface area (Å²) < 4.78 is 12.1. The van der Waals surface area contributed by atoms with E-state index in [2.05, 4.69) is 11.4 Å². The molecule has 2 aromatic carbocycles. The molecule has 4 rings (SSSR count). The summed E-state index contributed by atoms with van der Waals surface area (Å²) in [6.07, 6.45) is 3.84. The normalized spacial score (nSPS) is 13.1. The zero-order valence-corrected chi connectivity index (χ0v) is 23.4. The van der Waals surface area contributed by atoms with Crippen molar-refractivity contribution in [2.75, 3.05) is 18.4 Å². The first-order valence-corrected chi connectivity index (χ1v) is 13.1. The molecular weight excluding hydrogens is 504 g/mol. The van der Waals surface area contributed by atoms with Crippen molar-refractivity contribution < 1.29 is 14.3 Å².